The van der Waals surface area contributed by atoms with E-state index in [4.69, 9.17) is 0 Å². The van der Waals surface area contributed by atoms with E-state index in [0.29, 0.717) is 33.0 Å². The molecule has 0 N–H and O–H groups in total. The van der Waals surface area contributed by atoms with Crippen molar-refractivity contribution in [2.24, 2.45) is 0 Å². The first-order chi connectivity index (χ1) is 41.2. The minimum atomic E-state index is -0.257. The van der Waals surface area contributed by atoms with Crippen molar-refractivity contribution < 1.29 is 19.2 Å². The van der Waals surface area contributed by atoms with Crippen LogP contribution in [0.4, 0.5) is 0 Å². The molecule has 0 aromatic heterocycles. The zero-order valence-corrected chi connectivity index (χ0v) is 52.6. The molecule has 0 radical (unpaired) electrons. The molecule has 11 rings (SSSR count). The van der Waals surface area contributed by atoms with E-state index in [1.165, 1.54) is 0 Å². The molecule has 0 aliphatic carbocycles. The SMILES string of the molecule is CCCCCCC(CCCCCC)N1C(=O)c2c(Sc3ccccc3)cc3c4cc(Sc5ccccc5)c5c6c(c(Sc7ccccc7)cc(c7cc(Sc8ccccc8)c(c2c37)C1=O)c64)C(=O)N(C(CCCCCC)CCCCCC)C5=O. The Kier molecular flexibility index (Phi) is 19.9. The Hall–Kier alpha value is -6.04. The van der Waals surface area contributed by atoms with Crippen LogP contribution in [0.15, 0.2) is 185 Å². The van der Waals surface area contributed by atoms with Gasteiger partial charge in [0, 0.05) is 62.0 Å². The molecular formula is C74H78N2O4S4. The van der Waals surface area contributed by atoms with E-state index in [1.807, 2.05) is 72.8 Å². The molecule has 9 aromatic rings. The second kappa shape index (κ2) is 28.0. The molecule has 4 amide bonds. The molecule has 9 aromatic carbocycles. The van der Waals surface area contributed by atoms with Crippen LogP contribution in [0.1, 0.15) is 198 Å². The van der Waals surface area contributed by atoms with Crippen LogP contribution in [0.3, 0.4) is 0 Å². The third-order valence-corrected chi connectivity index (χ3v) is 21.4. The van der Waals surface area contributed by atoms with Crippen LogP contribution in [0, 0.1) is 0 Å². The molecule has 0 saturated carbocycles. The Morgan fingerprint density at radius 3 is 0.738 bits per heavy atom. The molecule has 2 heterocycles. The van der Waals surface area contributed by atoms with Gasteiger partial charge in [0.1, 0.15) is 0 Å². The van der Waals surface area contributed by atoms with Crippen molar-refractivity contribution >= 4 is 114 Å². The van der Waals surface area contributed by atoms with E-state index in [0.717, 1.165) is 200 Å². The minimum absolute atomic E-state index is 0.229. The summed E-state index contributed by atoms with van der Waals surface area (Å²) in [7, 11) is 0. The van der Waals surface area contributed by atoms with E-state index >= 15 is 19.2 Å². The standard InChI is InChI=1S/C74H78N2O4S4/c1-5-9-13-21-33-49(34-22-14-10-6-2)75-71(77)65-59(81-51-37-25-17-26-38-51)45-55-57-47-61(83-53-41-29-19-30-42-53)67-70-64(57)58(56-46-60(82-52-39-27-18-28-40-52)66(72(75)78)69(65)63(55)56)48-62(84-54-43-31-20-32-44-54)68(70)74(80)76(73(67)79)50(35-23-15-11-7-3)36-24-16-12-8-4/h17-20,25-32,37-50H,5-16,21-24,33-36H2,1-4H3. The first-order valence-corrected chi connectivity index (χ1v) is 34.5. The van der Waals surface area contributed by atoms with Gasteiger partial charge in [0.15, 0.2) is 0 Å². The van der Waals surface area contributed by atoms with Crippen molar-refractivity contribution in [1.29, 1.82) is 0 Å². The Bertz CT molecular complexity index is 3310. The van der Waals surface area contributed by atoms with E-state index in [1.54, 1.807) is 56.8 Å². The van der Waals surface area contributed by atoms with Gasteiger partial charge in [0.05, 0.1) is 22.3 Å². The highest BCUT2D eigenvalue weighted by Gasteiger charge is 2.44. The molecule has 432 valence electrons. The molecule has 0 bridgehead atoms. The highest BCUT2D eigenvalue weighted by Crippen LogP contribution is 2.55. The van der Waals surface area contributed by atoms with Gasteiger partial charge in [-0.2, -0.15) is 0 Å². The lowest BCUT2D eigenvalue weighted by Crippen LogP contribution is -2.47. The molecule has 2 aliphatic heterocycles. The summed E-state index contributed by atoms with van der Waals surface area (Å²) in [5.74, 6) is -0.914. The van der Waals surface area contributed by atoms with Gasteiger partial charge < -0.3 is 0 Å². The Morgan fingerprint density at radius 2 is 0.524 bits per heavy atom. The largest absolute Gasteiger partial charge is 0.271 e. The van der Waals surface area contributed by atoms with Crippen LogP contribution >= 0.6 is 47.0 Å². The summed E-state index contributed by atoms with van der Waals surface area (Å²) in [6, 6.07) is 49.4. The van der Waals surface area contributed by atoms with Gasteiger partial charge in [-0.1, -0.05) is 250 Å². The molecule has 2 aliphatic rings. The maximum atomic E-state index is 16.3. The smallest absolute Gasteiger partial charge is 0.262 e. The number of imide groups is 2. The number of unbranched alkanes of at least 4 members (excludes halogenated alkanes) is 12. The van der Waals surface area contributed by atoms with E-state index < -0.39 is 0 Å². The average molecular weight is 1190 g/mol. The quantitative estimate of drug-likeness (QED) is 0.0191. The van der Waals surface area contributed by atoms with Gasteiger partial charge in [0.25, 0.3) is 23.6 Å². The Balaban J connectivity index is 1.25. The number of carbonyl (C=O) groups is 4. The lowest BCUT2D eigenvalue weighted by Gasteiger charge is -2.37. The summed E-state index contributed by atoms with van der Waals surface area (Å²) in [6.45, 7) is 8.89. The predicted molar refractivity (Wildman–Crippen MR) is 354 cm³/mol. The van der Waals surface area contributed by atoms with Crippen LogP contribution in [0.2, 0.25) is 0 Å². The second-order valence-corrected chi connectivity index (χ2v) is 27.5. The summed E-state index contributed by atoms with van der Waals surface area (Å²) in [4.78, 5) is 75.6. The summed E-state index contributed by atoms with van der Waals surface area (Å²) < 4.78 is 0. The van der Waals surface area contributed by atoms with Crippen molar-refractivity contribution in [2.45, 2.75) is 207 Å². The molecule has 0 fully saturated rings. The predicted octanol–water partition coefficient (Wildman–Crippen LogP) is 22.2. The first kappa shape index (κ1) is 59.7. The molecule has 10 heteroatoms. The fourth-order valence-electron chi connectivity index (χ4n) is 13.0. The van der Waals surface area contributed by atoms with E-state index in [-0.39, 0.29) is 35.7 Å². The molecule has 6 nitrogen and oxygen atoms in total. The van der Waals surface area contributed by atoms with Crippen LogP contribution in [0.25, 0.3) is 43.1 Å². The lowest BCUT2D eigenvalue weighted by atomic mass is 9.81. The van der Waals surface area contributed by atoms with Crippen LogP contribution in [-0.2, 0) is 0 Å². The third-order valence-electron chi connectivity index (χ3n) is 17.2. The summed E-state index contributed by atoms with van der Waals surface area (Å²) in [6.07, 6.45) is 19.9. The minimum Gasteiger partial charge on any atom is -0.271 e. The van der Waals surface area contributed by atoms with Crippen molar-refractivity contribution in [3.63, 3.8) is 0 Å². The maximum Gasteiger partial charge on any atom is 0.262 e. The molecule has 0 saturated heterocycles. The summed E-state index contributed by atoms with van der Waals surface area (Å²) >= 11 is 6.28. The molecule has 0 spiro atoms. The van der Waals surface area contributed by atoms with Crippen LogP contribution < -0.4 is 0 Å². The second-order valence-electron chi connectivity index (χ2n) is 23.0. The normalized spacial score (nSPS) is 13.5. The fraction of sp³-hybridized carbons (Fsp3) is 0.351. The summed E-state index contributed by atoms with van der Waals surface area (Å²) in [5.41, 5.74) is 2.27. The maximum absolute atomic E-state index is 16.3. The first-order valence-electron chi connectivity index (χ1n) is 31.3. The molecular weight excluding hydrogens is 1110 g/mol. The fourth-order valence-corrected chi connectivity index (χ4v) is 17.1. The zero-order valence-electron chi connectivity index (χ0n) is 49.3. The number of hydrogen-bond donors (Lipinski definition) is 0. The average Bonchev–Trinajstić information content (AvgIpc) is 0.728. The number of fused-ring (bicyclic) bond motifs is 2. The molecule has 84 heavy (non-hydrogen) atoms. The topological polar surface area (TPSA) is 74.8 Å². The number of benzene rings is 9. The third kappa shape index (κ3) is 12.3. The van der Waals surface area contributed by atoms with Crippen molar-refractivity contribution in [3.8, 4) is 0 Å². The van der Waals surface area contributed by atoms with Gasteiger partial charge >= 0.3 is 0 Å². The molecule has 0 atom stereocenters. The Labute approximate surface area is 514 Å². The lowest BCUT2D eigenvalue weighted by molar-refractivity contribution is 0.0497. The van der Waals surface area contributed by atoms with E-state index in [2.05, 4.69) is 100 Å². The highest BCUT2D eigenvalue weighted by molar-refractivity contribution is 8.00. The zero-order chi connectivity index (χ0) is 58.1. The van der Waals surface area contributed by atoms with Crippen molar-refractivity contribution in [1.82, 2.24) is 9.80 Å². The van der Waals surface area contributed by atoms with Gasteiger partial charge in [-0.25, -0.2) is 0 Å². The number of nitrogens with zero attached hydrogens (tertiary/aromatic N) is 2. The van der Waals surface area contributed by atoms with Crippen LogP contribution in [-0.4, -0.2) is 45.5 Å². The van der Waals surface area contributed by atoms with Gasteiger partial charge in [-0.15, -0.1) is 0 Å². The van der Waals surface area contributed by atoms with Gasteiger partial charge in [0.2, 0.25) is 0 Å². The van der Waals surface area contributed by atoms with Gasteiger partial charge in [-0.3, -0.25) is 29.0 Å². The number of carbonyl (C=O) groups excluding carboxylic acids is 4. The molecule has 0 unspecified atom stereocenters. The monoisotopic (exact) mass is 1190 g/mol. The number of rotatable bonds is 30. The summed E-state index contributed by atoms with van der Waals surface area (Å²) in [5, 5.41) is 6.64. The highest BCUT2D eigenvalue weighted by atomic mass is 32.2. The van der Waals surface area contributed by atoms with Gasteiger partial charge in [-0.05, 0) is 131 Å². The number of hydrogen-bond acceptors (Lipinski definition) is 8. The number of amides is 4. The Morgan fingerprint density at radius 1 is 0.298 bits per heavy atom. The van der Waals surface area contributed by atoms with E-state index in [9.17, 15) is 0 Å². The van der Waals surface area contributed by atoms with Crippen molar-refractivity contribution in [3.05, 3.63) is 168 Å². The van der Waals surface area contributed by atoms with Crippen molar-refractivity contribution in [2.75, 3.05) is 0 Å². The van der Waals surface area contributed by atoms with Crippen LogP contribution in [0.5, 0.6) is 0 Å².